The van der Waals surface area contributed by atoms with Crippen molar-refractivity contribution in [2.45, 2.75) is 33.1 Å². The number of carbonyl (C=O) groups is 1. The van der Waals surface area contributed by atoms with Gasteiger partial charge in [0.15, 0.2) is 0 Å². The van der Waals surface area contributed by atoms with Crippen LogP contribution in [0.3, 0.4) is 0 Å². The van der Waals surface area contributed by atoms with E-state index in [0.717, 1.165) is 36.6 Å². The quantitative estimate of drug-likeness (QED) is 0.0697. The Bertz CT molecular complexity index is 1550. The molecule has 0 saturated carbocycles. The number of carbonyl (C=O) groups excluding carboxylic acids is 1. The van der Waals surface area contributed by atoms with Gasteiger partial charge < -0.3 is 0 Å². The number of rotatable bonds is 11. The van der Waals surface area contributed by atoms with E-state index in [4.69, 9.17) is 4.74 Å². The van der Waals surface area contributed by atoms with E-state index in [9.17, 15) is 4.79 Å². The molecule has 0 N–H and O–H groups in total. The van der Waals surface area contributed by atoms with Gasteiger partial charge in [0.1, 0.15) is 0 Å². The number of esters is 1. The Kier molecular flexibility index (Phi) is 9.47. The topological polar surface area (TPSA) is 26.3 Å². The molecule has 5 rings (SSSR count). The molecule has 5 aromatic rings. The molecule has 0 radical (unpaired) electrons. The van der Waals surface area contributed by atoms with Crippen molar-refractivity contribution in [3.63, 3.8) is 0 Å². The van der Waals surface area contributed by atoms with Gasteiger partial charge in [-0.1, -0.05) is 0 Å². The van der Waals surface area contributed by atoms with Gasteiger partial charge in [0.05, 0.1) is 0 Å². The predicted octanol–water partition coefficient (Wildman–Crippen LogP) is 7.97. The second kappa shape index (κ2) is 13.6. The molecule has 0 atom stereocenters. The van der Waals surface area contributed by atoms with Crippen LogP contribution in [0.4, 0.5) is 0 Å². The van der Waals surface area contributed by atoms with Crippen molar-refractivity contribution in [3.05, 3.63) is 157 Å². The average Bonchev–Trinajstić information content (AvgIpc) is 3.02. The first-order valence-electron chi connectivity index (χ1n) is 14.7. The minimum absolute atomic E-state index is 0.297. The Morgan fingerprint density at radius 2 is 1.33 bits per heavy atom. The molecule has 0 aliphatic carbocycles. The van der Waals surface area contributed by atoms with E-state index in [0.29, 0.717) is 5.75 Å². The van der Waals surface area contributed by atoms with Crippen molar-refractivity contribution in [2.24, 2.45) is 0 Å². The average molecular weight is 571 g/mol. The third kappa shape index (κ3) is 6.46. The number of benzene rings is 5. The van der Waals surface area contributed by atoms with Crippen molar-refractivity contribution < 1.29 is 9.53 Å². The zero-order valence-corrected chi connectivity index (χ0v) is 25.6. The number of allylic oxidation sites excluding steroid dienone is 1. The molecule has 0 aliphatic rings. The van der Waals surface area contributed by atoms with Crippen LogP contribution in [0.5, 0.6) is 5.75 Å². The summed E-state index contributed by atoms with van der Waals surface area (Å²) in [5.74, 6) is 0.354. The van der Waals surface area contributed by atoms with Crippen molar-refractivity contribution in [2.75, 3.05) is 6.16 Å². The van der Waals surface area contributed by atoms with Crippen LogP contribution in [-0.4, -0.2) is 12.1 Å². The van der Waals surface area contributed by atoms with E-state index < -0.39 is 7.26 Å². The fourth-order valence-electron chi connectivity index (χ4n) is 6.12. The second-order valence-electron chi connectivity index (χ2n) is 10.9. The van der Waals surface area contributed by atoms with Gasteiger partial charge in [0, 0.05) is 0 Å². The van der Waals surface area contributed by atoms with Gasteiger partial charge in [-0.25, -0.2) is 0 Å². The van der Waals surface area contributed by atoms with Crippen LogP contribution in [0.25, 0.3) is 11.1 Å². The Balaban J connectivity index is 1.54. The molecular weight excluding hydrogens is 531 g/mol. The first kappa shape index (κ1) is 29.2. The van der Waals surface area contributed by atoms with E-state index in [1.807, 2.05) is 12.1 Å². The standard InChI is InChI=1S/C39H39O2P/c1-4-15-32-24-23-30(2)38(28-32)33-25-26-39(41-31(3)40)34(29-33)16-14-27-42(35-17-8-5-9-18-35,36-19-10-6-11-20-36)37-21-12-7-13-22-37/h4-13,17-26,28-29,42H,1,14-16,27H2,2-3H3. The van der Waals surface area contributed by atoms with Gasteiger partial charge in [-0.15, -0.1) is 0 Å². The van der Waals surface area contributed by atoms with E-state index in [2.05, 4.69) is 135 Å². The maximum atomic E-state index is 12.1. The molecule has 0 spiro atoms. The van der Waals surface area contributed by atoms with Crippen LogP contribution < -0.4 is 20.7 Å². The summed E-state index contributed by atoms with van der Waals surface area (Å²) in [6.45, 7) is 7.52. The molecule has 3 heteroatoms. The van der Waals surface area contributed by atoms with Gasteiger partial charge in [-0.2, -0.15) is 0 Å². The molecule has 42 heavy (non-hydrogen) atoms. The van der Waals surface area contributed by atoms with Gasteiger partial charge >= 0.3 is 252 Å². The summed E-state index contributed by atoms with van der Waals surface area (Å²) in [4.78, 5) is 12.1. The molecule has 5 aromatic carbocycles. The number of aryl methyl sites for hydroxylation is 2. The molecule has 0 fully saturated rings. The molecule has 2 nitrogen and oxygen atoms in total. The Morgan fingerprint density at radius 3 is 1.86 bits per heavy atom. The number of ether oxygens (including phenoxy) is 1. The predicted molar refractivity (Wildman–Crippen MR) is 182 cm³/mol. The second-order valence-corrected chi connectivity index (χ2v) is 15.0. The summed E-state index contributed by atoms with van der Waals surface area (Å²) < 4.78 is 5.72. The van der Waals surface area contributed by atoms with Crippen LogP contribution in [-0.2, 0) is 17.6 Å². The molecule has 212 valence electrons. The Hall–Kier alpha value is -4.26. The summed E-state index contributed by atoms with van der Waals surface area (Å²) in [6, 6.07) is 45.9. The molecule has 0 aromatic heterocycles. The van der Waals surface area contributed by atoms with Crippen LogP contribution in [0.15, 0.2) is 140 Å². The summed E-state index contributed by atoms with van der Waals surface area (Å²) in [6.07, 6.45) is 5.56. The number of hydrogen-bond donors (Lipinski definition) is 0. The third-order valence-corrected chi connectivity index (χ3v) is 13.2. The van der Waals surface area contributed by atoms with Crippen molar-refractivity contribution in [1.82, 2.24) is 0 Å². The summed E-state index contributed by atoms with van der Waals surface area (Å²) in [7, 11) is -2.35. The van der Waals surface area contributed by atoms with Crippen LogP contribution >= 0.6 is 7.26 Å². The van der Waals surface area contributed by atoms with Crippen LogP contribution in [0.1, 0.15) is 30.0 Å². The zero-order chi connectivity index (χ0) is 29.4. The van der Waals surface area contributed by atoms with Gasteiger partial charge in [0.25, 0.3) is 0 Å². The van der Waals surface area contributed by atoms with Crippen molar-refractivity contribution in [3.8, 4) is 16.9 Å². The fourth-order valence-corrected chi connectivity index (χ4v) is 11.0. The first-order valence-corrected chi connectivity index (χ1v) is 16.9. The zero-order valence-electron chi connectivity index (χ0n) is 24.6. The molecule has 0 heterocycles. The van der Waals surface area contributed by atoms with Crippen molar-refractivity contribution >= 4 is 29.1 Å². The maximum absolute atomic E-state index is 12.1. The van der Waals surface area contributed by atoms with Crippen LogP contribution in [0.2, 0.25) is 0 Å². The van der Waals surface area contributed by atoms with Gasteiger partial charge in [0.2, 0.25) is 0 Å². The summed E-state index contributed by atoms with van der Waals surface area (Å²) in [5.41, 5.74) is 5.86. The molecule has 0 unspecified atom stereocenters. The fraction of sp³-hybridized carbons (Fsp3) is 0.154. The van der Waals surface area contributed by atoms with E-state index in [-0.39, 0.29) is 5.97 Å². The third-order valence-electron chi connectivity index (χ3n) is 8.10. The minimum atomic E-state index is -2.35. The SMILES string of the molecule is C=CCc1ccc(C)c(-c2ccc(OC(C)=O)c(CCC[PH](c3ccccc3)(c3ccccc3)c3ccccc3)c2)c1. The molecule has 0 amide bonds. The summed E-state index contributed by atoms with van der Waals surface area (Å²) in [5, 5.41) is 4.23. The molecule has 0 saturated heterocycles. The Labute approximate surface area is 251 Å². The van der Waals surface area contributed by atoms with Crippen molar-refractivity contribution in [1.29, 1.82) is 0 Å². The van der Waals surface area contributed by atoms with Crippen LogP contribution in [0, 0.1) is 6.92 Å². The van der Waals surface area contributed by atoms with Gasteiger partial charge in [-0.05, 0) is 0 Å². The van der Waals surface area contributed by atoms with E-state index >= 15 is 0 Å². The molecular formula is C39H39O2P. The number of hydrogen-bond acceptors (Lipinski definition) is 2. The van der Waals surface area contributed by atoms with E-state index in [1.165, 1.54) is 39.5 Å². The Morgan fingerprint density at radius 1 is 0.762 bits per heavy atom. The molecule has 0 bridgehead atoms. The van der Waals surface area contributed by atoms with E-state index in [1.54, 1.807) is 0 Å². The van der Waals surface area contributed by atoms with Gasteiger partial charge in [-0.3, -0.25) is 0 Å². The first-order chi connectivity index (χ1) is 20.5. The summed E-state index contributed by atoms with van der Waals surface area (Å²) >= 11 is 0. The normalized spacial score (nSPS) is 11.6. The monoisotopic (exact) mass is 570 g/mol. The molecule has 0 aliphatic heterocycles.